The number of amides is 3. The van der Waals surface area contributed by atoms with Crippen molar-refractivity contribution in [2.75, 3.05) is 19.6 Å². The molecule has 3 amide bonds. The van der Waals surface area contributed by atoms with Crippen molar-refractivity contribution in [1.82, 2.24) is 25.1 Å². The lowest BCUT2D eigenvalue weighted by atomic mass is 9.96. The summed E-state index contributed by atoms with van der Waals surface area (Å²) in [4.78, 5) is 26.9. The SMILES string of the molecule is Cc1nnsc1C(=O)N1CCC(CNC(=O)NCc2ccccc2)CC1. The molecule has 1 saturated heterocycles. The first-order valence-electron chi connectivity index (χ1n) is 8.77. The van der Waals surface area contributed by atoms with Crippen LogP contribution in [0.25, 0.3) is 0 Å². The zero-order valence-electron chi connectivity index (χ0n) is 14.8. The van der Waals surface area contributed by atoms with Gasteiger partial charge < -0.3 is 15.5 Å². The van der Waals surface area contributed by atoms with Gasteiger partial charge >= 0.3 is 6.03 Å². The predicted octanol–water partition coefficient (Wildman–Crippen LogP) is 2.20. The molecule has 0 aliphatic carbocycles. The second-order valence-corrected chi connectivity index (χ2v) is 7.23. The van der Waals surface area contributed by atoms with Gasteiger partial charge in [-0.2, -0.15) is 0 Å². The summed E-state index contributed by atoms with van der Waals surface area (Å²) in [5, 5.41) is 9.70. The van der Waals surface area contributed by atoms with Crippen LogP contribution in [0.3, 0.4) is 0 Å². The Bertz CT molecular complexity index is 741. The zero-order valence-corrected chi connectivity index (χ0v) is 15.6. The number of hydrogen-bond acceptors (Lipinski definition) is 5. The van der Waals surface area contributed by atoms with Crippen LogP contribution < -0.4 is 10.6 Å². The molecule has 2 N–H and O–H groups in total. The Kier molecular flexibility index (Phi) is 6.17. The maximum atomic E-state index is 12.5. The molecule has 26 heavy (non-hydrogen) atoms. The lowest BCUT2D eigenvalue weighted by molar-refractivity contribution is 0.0694. The lowest BCUT2D eigenvalue weighted by Crippen LogP contribution is -2.43. The van der Waals surface area contributed by atoms with Gasteiger partial charge in [-0.1, -0.05) is 34.8 Å². The monoisotopic (exact) mass is 373 g/mol. The molecule has 0 atom stereocenters. The number of carbonyl (C=O) groups excluding carboxylic acids is 2. The maximum absolute atomic E-state index is 12.5. The molecule has 1 fully saturated rings. The normalized spacial score (nSPS) is 14.9. The van der Waals surface area contributed by atoms with Gasteiger partial charge in [0.2, 0.25) is 0 Å². The third-order valence-corrected chi connectivity index (χ3v) is 5.41. The van der Waals surface area contributed by atoms with Gasteiger partial charge in [0.1, 0.15) is 4.88 Å². The molecule has 0 unspecified atom stereocenters. The number of nitrogens with zero attached hydrogens (tertiary/aromatic N) is 3. The lowest BCUT2D eigenvalue weighted by Gasteiger charge is -2.31. The Morgan fingerprint density at radius 1 is 1.19 bits per heavy atom. The minimum atomic E-state index is -0.154. The number of hydrogen-bond donors (Lipinski definition) is 2. The van der Waals surface area contributed by atoms with Crippen molar-refractivity contribution in [1.29, 1.82) is 0 Å². The summed E-state index contributed by atoms with van der Waals surface area (Å²) in [6.07, 6.45) is 1.77. The Hall–Kier alpha value is -2.48. The number of likely N-dealkylation sites (tertiary alicyclic amines) is 1. The number of aryl methyl sites for hydroxylation is 1. The van der Waals surface area contributed by atoms with Crippen LogP contribution in [0.1, 0.15) is 33.8 Å². The van der Waals surface area contributed by atoms with Gasteiger partial charge in [0.05, 0.1) is 5.69 Å². The van der Waals surface area contributed by atoms with Crippen molar-refractivity contribution in [2.24, 2.45) is 5.92 Å². The van der Waals surface area contributed by atoms with Crippen LogP contribution in [-0.2, 0) is 6.54 Å². The predicted molar refractivity (Wildman–Crippen MR) is 100.0 cm³/mol. The first-order valence-corrected chi connectivity index (χ1v) is 9.54. The summed E-state index contributed by atoms with van der Waals surface area (Å²) >= 11 is 1.15. The molecule has 0 radical (unpaired) electrons. The fraction of sp³-hybridized carbons (Fsp3) is 0.444. The minimum Gasteiger partial charge on any atom is -0.338 e. The van der Waals surface area contributed by atoms with Crippen molar-refractivity contribution in [2.45, 2.75) is 26.3 Å². The summed E-state index contributed by atoms with van der Waals surface area (Å²) in [6, 6.07) is 9.66. The van der Waals surface area contributed by atoms with Crippen LogP contribution in [0.2, 0.25) is 0 Å². The second-order valence-electron chi connectivity index (χ2n) is 6.47. The van der Waals surface area contributed by atoms with Gasteiger partial charge in [0, 0.05) is 26.2 Å². The molecule has 0 spiro atoms. The van der Waals surface area contributed by atoms with Crippen LogP contribution >= 0.6 is 11.5 Å². The molecule has 0 bridgehead atoms. The third kappa shape index (κ3) is 4.78. The average Bonchev–Trinajstić information content (AvgIpc) is 3.11. The summed E-state index contributed by atoms with van der Waals surface area (Å²) in [5.74, 6) is 0.409. The summed E-state index contributed by atoms with van der Waals surface area (Å²) < 4.78 is 3.83. The Labute approximate surface area is 157 Å². The molecule has 7 nitrogen and oxygen atoms in total. The molecule has 1 aliphatic heterocycles. The van der Waals surface area contributed by atoms with Gasteiger partial charge in [0.15, 0.2) is 0 Å². The van der Waals surface area contributed by atoms with Crippen LogP contribution in [0.4, 0.5) is 4.79 Å². The molecule has 1 aromatic carbocycles. The summed E-state index contributed by atoms with van der Waals surface area (Å²) in [7, 11) is 0. The van der Waals surface area contributed by atoms with E-state index in [-0.39, 0.29) is 11.9 Å². The number of carbonyl (C=O) groups is 2. The van der Waals surface area contributed by atoms with Crippen molar-refractivity contribution >= 4 is 23.5 Å². The number of urea groups is 1. The molecule has 0 saturated carbocycles. The molecule has 3 rings (SSSR count). The number of benzene rings is 1. The summed E-state index contributed by atoms with van der Waals surface area (Å²) in [5.41, 5.74) is 1.76. The Balaban J connectivity index is 1.37. The van der Waals surface area contributed by atoms with Crippen molar-refractivity contribution in [3.05, 3.63) is 46.5 Å². The van der Waals surface area contributed by atoms with Crippen LogP contribution in [-0.4, -0.2) is 46.1 Å². The van der Waals surface area contributed by atoms with E-state index in [4.69, 9.17) is 0 Å². The van der Waals surface area contributed by atoms with Gasteiger partial charge in [-0.15, -0.1) is 5.10 Å². The van der Waals surface area contributed by atoms with Crippen LogP contribution in [0, 0.1) is 12.8 Å². The average molecular weight is 373 g/mol. The van der Waals surface area contributed by atoms with Crippen LogP contribution in [0.5, 0.6) is 0 Å². The number of nitrogens with one attached hydrogen (secondary N) is 2. The fourth-order valence-corrected chi connectivity index (χ4v) is 3.61. The highest BCUT2D eigenvalue weighted by atomic mass is 32.1. The van der Waals surface area contributed by atoms with Gasteiger partial charge in [-0.3, -0.25) is 4.79 Å². The first kappa shape index (κ1) is 18.3. The van der Waals surface area contributed by atoms with E-state index in [1.807, 2.05) is 42.2 Å². The van der Waals surface area contributed by atoms with E-state index in [2.05, 4.69) is 20.2 Å². The molecule has 2 aromatic rings. The van der Waals surface area contributed by atoms with Gasteiger partial charge in [-0.05, 0) is 42.8 Å². The molecular weight excluding hydrogens is 350 g/mol. The number of aromatic nitrogens is 2. The minimum absolute atomic E-state index is 0.0181. The third-order valence-electron chi connectivity index (χ3n) is 4.59. The van der Waals surface area contributed by atoms with Gasteiger partial charge in [0.25, 0.3) is 5.91 Å². The Morgan fingerprint density at radius 3 is 2.58 bits per heavy atom. The Morgan fingerprint density at radius 2 is 1.92 bits per heavy atom. The van der Waals surface area contributed by atoms with E-state index >= 15 is 0 Å². The van der Waals surface area contributed by atoms with Gasteiger partial charge in [-0.25, -0.2) is 4.79 Å². The van der Waals surface area contributed by atoms with Crippen molar-refractivity contribution in [3.8, 4) is 0 Å². The quantitative estimate of drug-likeness (QED) is 0.841. The highest BCUT2D eigenvalue weighted by Gasteiger charge is 2.26. The highest BCUT2D eigenvalue weighted by Crippen LogP contribution is 2.20. The molecular formula is C18H23N5O2S. The first-order chi connectivity index (χ1) is 12.6. The second kappa shape index (κ2) is 8.75. The van der Waals surface area contributed by atoms with E-state index in [9.17, 15) is 9.59 Å². The molecule has 1 aromatic heterocycles. The highest BCUT2D eigenvalue weighted by molar-refractivity contribution is 7.07. The van der Waals surface area contributed by atoms with Crippen molar-refractivity contribution < 1.29 is 9.59 Å². The molecule has 1 aliphatic rings. The van der Waals surface area contributed by atoms with E-state index in [1.54, 1.807) is 0 Å². The van der Waals surface area contributed by atoms with Crippen molar-refractivity contribution in [3.63, 3.8) is 0 Å². The van der Waals surface area contributed by atoms with E-state index in [1.165, 1.54) is 0 Å². The largest absolute Gasteiger partial charge is 0.338 e. The van der Waals surface area contributed by atoms with E-state index in [0.717, 1.165) is 29.9 Å². The number of rotatable bonds is 5. The standard InChI is InChI=1S/C18H23N5O2S/c1-13-16(26-22-21-13)17(24)23-9-7-15(8-10-23)12-20-18(25)19-11-14-5-3-2-4-6-14/h2-6,15H,7-12H2,1H3,(H2,19,20,25). The molecule has 2 heterocycles. The maximum Gasteiger partial charge on any atom is 0.315 e. The fourth-order valence-electron chi connectivity index (χ4n) is 2.99. The van der Waals surface area contributed by atoms with E-state index < -0.39 is 0 Å². The number of piperidine rings is 1. The smallest absolute Gasteiger partial charge is 0.315 e. The van der Waals surface area contributed by atoms with E-state index in [0.29, 0.717) is 42.7 Å². The molecule has 8 heteroatoms. The molecule has 138 valence electrons. The summed E-state index contributed by atoms with van der Waals surface area (Å²) in [6.45, 7) is 4.36. The van der Waals surface area contributed by atoms with Crippen LogP contribution in [0.15, 0.2) is 30.3 Å². The topological polar surface area (TPSA) is 87.2 Å². The zero-order chi connectivity index (χ0) is 18.4.